The van der Waals surface area contributed by atoms with Crippen LogP contribution in [0.3, 0.4) is 0 Å². The minimum Gasteiger partial charge on any atom is -0.444 e. The Kier molecular flexibility index (Phi) is 6.72. The van der Waals surface area contributed by atoms with Crippen molar-refractivity contribution in [2.45, 2.75) is 58.3 Å². The summed E-state index contributed by atoms with van der Waals surface area (Å²) in [7, 11) is 0. The van der Waals surface area contributed by atoms with Crippen LogP contribution in [0.1, 0.15) is 50.8 Å². The predicted octanol–water partition coefficient (Wildman–Crippen LogP) is 3.67. The van der Waals surface area contributed by atoms with E-state index >= 15 is 0 Å². The molecular formula is C19H29ClN2O3. The molecule has 2 N–H and O–H groups in total. The minimum absolute atomic E-state index is 0.0394. The van der Waals surface area contributed by atoms with Gasteiger partial charge in [0.15, 0.2) is 0 Å². The van der Waals surface area contributed by atoms with Crippen LogP contribution < -0.4 is 5.32 Å². The number of nitrogens with one attached hydrogen (secondary N) is 1. The molecule has 0 saturated carbocycles. The first-order valence-electron chi connectivity index (χ1n) is 8.83. The van der Waals surface area contributed by atoms with Gasteiger partial charge in [0.2, 0.25) is 0 Å². The quantitative estimate of drug-likeness (QED) is 0.832. The van der Waals surface area contributed by atoms with Crippen molar-refractivity contribution in [2.24, 2.45) is 0 Å². The van der Waals surface area contributed by atoms with Gasteiger partial charge < -0.3 is 15.2 Å². The summed E-state index contributed by atoms with van der Waals surface area (Å²) in [5, 5.41) is 14.3. The lowest BCUT2D eigenvalue weighted by Crippen LogP contribution is -2.41. The summed E-state index contributed by atoms with van der Waals surface area (Å²) >= 11 is 6.19. The maximum absolute atomic E-state index is 11.7. The maximum Gasteiger partial charge on any atom is 0.407 e. The number of nitrogens with zero attached hydrogens (tertiary/aromatic N) is 1. The van der Waals surface area contributed by atoms with Crippen molar-refractivity contribution in [3.05, 3.63) is 34.3 Å². The highest BCUT2D eigenvalue weighted by atomic mass is 35.5. The SMILES string of the molecule is Cc1c(Cl)cccc1C(O)[C@@H]1CCCN1CCNC(=O)OC(C)(C)C. The fourth-order valence-electron chi connectivity index (χ4n) is 3.25. The van der Waals surface area contributed by atoms with Crippen molar-refractivity contribution in [2.75, 3.05) is 19.6 Å². The van der Waals surface area contributed by atoms with Gasteiger partial charge in [-0.15, -0.1) is 0 Å². The van der Waals surface area contributed by atoms with Gasteiger partial charge in [-0.1, -0.05) is 23.7 Å². The molecule has 0 radical (unpaired) electrons. The number of hydrogen-bond acceptors (Lipinski definition) is 4. The normalized spacial score (nSPS) is 19.7. The number of carbonyl (C=O) groups is 1. The number of amides is 1. The van der Waals surface area contributed by atoms with Gasteiger partial charge >= 0.3 is 6.09 Å². The standard InChI is InChI=1S/C19H29ClN2O3/c1-13-14(7-5-8-15(13)20)17(23)16-9-6-11-22(16)12-10-21-18(24)25-19(2,3)4/h5,7-8,16-17,23H,6,9-12H2,1-4H3,(H,21,24)/t16-,17?/m0/s1. The van der Waals surface area contributed by atoms with Crippen molar-refractivity contribution in [1.82, 2.24) is 10.2 Å². The van der Waals surface area contributed by atoms with E-state index < -0.39 is 17.8 Å². The fraction of sp³-hybridized carbons (Fsp3) is 0.632. The second kappa shape index (κ2) is 8.39. The van der Waals surface area contributed by atoms with E-state index in [1.807, 2.05) is 45.9 Å². The lowest BCUT2D eigenvalue weighted by Gasteiger charge is -2.30. The largest absolute Gasteiger partial charge is 0.444 e. The second-order valence-electron chi connectivity index (χ2n) is 7.57. The van der Waals surface area contributed by atoms with E-state index in [-0.39, 0.29) is 6.04 Å². The Morgan fingerprint density at radius 3 is 2.88 bits per heavy atom. The van der Waals surface area contributed by atoms with Gasteiger partial charge in [-0.2, -0.15) is 0 Å². The summed E-state index contributed by atoms with van der Waals surface area (Å²) in [5.74, 6) is 0. The lowest BCUT2D eigenvalue weighted by molar-refractivity contribution is 0.0499. The van der Waals surface area contributed by atoms with Crippen LogP contribution in [-0.2, 0) is 4.74 Å². The van der Waals surface area contributed by atoms with Gasteiger partial charge in [-0.25, -0.2) is 4.79 Å². The van der Waals surface area contributed by atoms with E-state index in [9.17, 15) is 9.90 Å². The zero-order valence-electron chi connectivity index (χ0n) is 15.5. The Morgan fingerprint density at radius 1 is 1.48 bits per heavy atom. The molecule has 1 aromatic rings. The molecule has 1 amide bonds. The second-order valence-corrected chi connectivity index (χ2v) is 7.98. The number of benzene rings is 1. The van der Waals surface area contributed by atoms with E-state index in [0.29, 0.717) is 18.1 Å². The molecule has 1 aliphatic rings. The predicted molar refractivity (Wildman–Crippen MR) is 100.0 cm³/mol. The number of halogens is 1. The van der Waals surface area contributed by atoms with Crippen LogP contribution in [-0.4, -0.2) is 47.4 Å². The molecule has 1 saturated heterocycles. The van der Waals surface area contributed by atoms with Gasteiger partial charge in [0.25, 0.3) is 0 Å². The van der Waals surface area contributed by atoms with Crippen LogP contribution in [0.5, 0.6) is 0 Å². The zero-order chi connectivity index (χ0) is 18.6. The first kappa shape index (κ1) is 20.0. The lowest BCUT2D eigenvalue weighted by atomic mass is 9.96. The number of aliphatic hydroxyl groups excluding tert-OH is 1. The van der Waals surface area contributed by atoms with Crippen LogP contribution in [0.2, 0.25) is 5.02 Å². The number of hydrogen-bond donors (Lipinski definition) is 2. The summed E-state index contributed by atoms with van der Waals surface area (Å²) in [6.07, 6.45) is 0.977. The van der Waals surface area contributed by atoms with E-state index in [2.05, 4.69) is 10.2 Å². The highest BCUT2D eigenvalue weighted by molar-refractivity contribution is 6.31. The van der Waals surface area contributed by atoms with Crippen LogP contribution in [0.4, 0.5) is 4.79 Å². The molecule has 2 atom stereocenters. The third-order valence-corrected chi connectivity index (χ3v) is 4.88. The average molecular weight is 369 g/mol. The third-order valence-electron chi connectivity index (χ3n) is 4.47. The summed E-state index contributed by atoms with van der Waals surface area (Å²) in [6.45, 7) is 9.54. The third kappa shape index (κ3) is 5.59. The fourth-order valence-corrected chi connectivity index (χ4v) is 3.44. The van der Waals surface area contributed by atoms with Crippen LogP contribution in [0.25, 0.3) is 0 Å². The monoisotopic (exact) mass is 368 g/mol. The van der Waals surface area contributed by atoms with E-state index in [1.165, 1.54) is 0 Å². The maximum atomic E-state index is 11.7. The van der Waals surface area contributed by atoms with Gasteiger partial charge in [0, 0.05) is 24.2 Å². The molecule has 25 heavy (non-hydrogen) atoms. The molecule has 0 spiro atoms. The highest BCUT2D eigenvalue weighted by Crippen LogP contribution is 2.32. The topological polar surface area (TPSA) is 61.8 Å². The average Bonchev–Trinajstić information content (AvgIpc) is 2.96. The number of likely N-dealkylation sites (tertiary alicyclic amines) is 1. The van der Waals surface area contributed by atoms with Crippen LogP contribution >= 0.6 is 11.6 Å². The molecular weight excluding hydrogens is 340 g/mol. The number of carbonyl (C=O) groups excluding carboxylic acids is 1. The first-order chi connectivity index (χ1) is 11.7. The van der Waals surface area contributed by atoms with Crippen molar-refractivity contribution in [1.29, 1.82) is 0 Å². The first-order valence-corrected chi connectivity index (χ1v) is 9.21. The number of aliphatic hydroxyl groups is 1. The zero-order valence-corrected chi connectivity index (χ0v) is 16.3. The van der Waals surface area contributed by atoms with E-state index in [4.69, 9.17) is 16.3 Å². The minimum atomic E-state index is -0.581. The molecule has 0 aliphatic carbocycles. The number of rotatable bonds is 5. The molecule has 5 nitrogen and oxygen atoms in total. The highest BCUT2D eigenvalue weighted by Gasteiger charge is 2.32. The summed E-state index contributed by atoms with van der Waals surface area (Å²) in [6, 6.07) is 5.68. The molecule has 1 heterocycles. The molecule has 0 bridgehead atoms. The molecule has 6 heteroatoms. The smallest absolute Gasteiger partial charge is 0.407 e. The summed E-state index contributed by atoms with van der Waals surface area (Å²) < 4.78 is 5.24. The van der Waals surface area contributed by atoms with Gasteiger partial charge in [-0.3, -0.25) is 4.90 Å². The Hall–Kier alpha value is -1.30. The number of alkyl carbamates (subject to hydrolysis) is 1. The van der Waals surface area contributed by atoms with Gasteiger partial charge in [-0.05, 0) is 64.3 Å². The number of ether oxygens (including phenoxy) is 1. The molecule has 140 valence electrons. The Labute approximate surface area is 155 Å². The Morgan fingerprint density at radius 2 is 2.20 bits per heavy atom. The van der Waals surface area contributed by atoms with E-state index in [0.717, 1.165) is 30.5 Å². The molecule has 0 aromatic heterocycles. The molecule has 1 aromatic carbocycles. The summed E-state index contributed by atoms with van der Waals surface area (Å²) in [4.78, 5) is 14.0. The van der Waals surface area contributed by atoms with Crippen LogP contribution in [0.15, 0.2) is 18.2 Å². The van der Waals surface area contributed by atoms with Crippen molar-refractivity contribution in [3.8, 4) is 0 Å². The van der Waals surface area contributed by atoms with Gasteiger partial charge in [0.05, 0.1) is 6.10 Å². The van der Waals surface area contributed by atoms with Crippen molar-refractivity contribution >= 4 is 17.7 Å². The Balaban J connectivity index is 1.91. The Bertz CT molecular complexity index is 601. The molecule has 2 rings (SSSR count). The van der Waals surface area contributed by atoms with Gasteiger partial charge in [0.1, 0.15) is 5.60 Å². The van der Waals surface area contributed by atoms with Crippen molar-refractivity contribution in [3.63, 3.8) is 0 Å². The van der Waals surface area contributed by atoms with Crippen molar-refractivity contribution < 1.29 is 14.6 Å². The summed E-state index contributed by atoms with van der Waals surface area (Å²) in [5.41, 5.74) is 1.31. The molecule has 1 fully saturated rings. The van der Waals surface area contributed by atoms with Crippen LogP contribution in [0, 0.1) is 6.92 Å². The molecule has 1 unspecified atom stereocenters. The van der Waals surface area contributed by atoms with E-state index in [1.54, 1.807) is 0 Å². The molecule has 1 aliphatic heterocycles.